The van der Waals surface area contributed by atoms with Gasteiger partial charge in [0, 0.05) is 6.42 Å². The van der Waals surface area contributed by atoms with Crippen molar-refractivity contribution < 1.29 is 22.6 Å². The molecule has 0 spiro atoms. The Labute approximate surface area is 222 Å². The molecule has 3 fully saturated rings. The van der Waals surface area contributed by atoms with Crippen molar-refractivity contribution >= 4 is 0 Å². The minimum atomic E-state index is -1.44. The molecule has 0 N–H and O–H groups in total. The minimum absolute atomic E-state index is 0.000763. The lowest BCUT2D eigenvalue weighted by Gasteiger charge is -2.34. The summed E-state index contributed by atoms with van der Waals surface area (Å²) in [6.07, 6.45) is 18.1. The van der Waals surface area contributed by atoms with Crippen LogP contribution in [0.5, 0.6) is 0 Å². The van der Waals surface area contributed by atoms with Crippen LogP contribution in [0, 0.1) is 29.4 Å². The largest absolute Gasteiger partial charge is 0.349 e. The third kappa shape index (κ3) is 7.85. The van der Waals surface area contributed by atoms with E-state index in [4.69, 9.17) is 9.47 Å². The molecular weight excluding hydrogens is 473 g/mol. The monoisotopic (exact) mass is 520 g/mol. The number of halogens is 3. The number of rotatable bonds is 10. The van der Waals surface area contributed by atoms with Crippen LogP contribution < -0.4 is 0 Å². The Morgan fingerprint density at radius 2 is 1.43 bits per heavy atom. The molecule has 0 unspecified atom stereocenters. The first kappa shape index (κ1) is 28.7. The lowest BCUT2D eigenvalue weighted by atomic mass is 9.76. The first-order valence-corrected chi connectivity index (χ1v) is 15.0. The molecule has 0 bridgehead atoms. The molecule has 2 aliphatic carbocycles. The maximum atomic E-state index is 15.1. The van der Waals surface area contributed by atoms with E-state index in [1.807, 2.05) is 6.92 Å². The Balaban J connectivity index is 1.23. The number of ether oxygens (including phenoxy) is 2. The van der Waals surface area contributed by atoms with E-state index in [9.17, 15) is 8.78 Å². The molecule has 2 saturated carbocycles. The summed E-state index contributed by atoms with van der Waals surface area (Å²) in [4.78, 5) is 0. The molecule has 1 aliphatic heterocycles. The Morgan fingerprint density at radius 3 is 2.03 bits per heavy atom. The molecule has 4 rings (SSSR count). The van der Waals surface area contributed by atoms with Gasteiger partial charge in [0.2, 0.25) is 0 Å². The number of allylic oxidation sites excluding steroid dienone is 2. The van der Waals surface area contributed by atoms with Crippen LogP contribution in [0.1, 0.15) is 114 Å². The molecule has 3 aliphatic rings. The average molecular weight is 521 g/mol. The van der Waals surface area contributed by atoms with Crippen LogP contribution in [0.4, 0.5) is 13.2 Å². The summed E-state index contributed by atoms with van der Waals surface area (Å²) in [5.74, 6) is 0.857. The number of hydrogen-bond acceptors (Lipinski definition) is 2. The molecule has 0 atom stereocenters. The standard InChI is InChI=1S/C32H47F3O2/c1-3-5-23-6-8-24(9-7-23)10-11-25-12-14-26(15-13-25)28-18-16-27(30(33)31(28)34)17-19-29-36-21-32(35,20-4-2)22-37-29/h10-11,16,18,23-26,29H,3-9,12-15,17,19-22H2,1-2H3. The van der Waals surface area contributed by atoms with Crippen LogP contribution >= 0.6 is 0 Å². The fourth-order valence-electron chi connectivity index (χ4n) is 6.73. The second kappa shape index (κ2) is 13.6. The van der Waals surface area contributed by atoms with Gasteiger partial charge in [-0.2, -0.15) is 0 Å². The van der Waals surface area contributed by atoms with Crippen molar-refractivity contribution in [2.75, 3.05) is 13.2 Å². The maximum absolute atomic E-state index is 15.1. The molecule has 1 aromatic carbocycles. The van der Waals surface area contributed by atoms with Crippen molar-refractivity contribution in [3.8, 4) is 0 Å². The van der Waals surface area contributed by atoms with Gasteiger partial charge in [-0.25, -0.2) is 13.2 Å². The molecule has 5 heteroatoms. The van der Waals surface area contributed by atoms with E-state index in [0.717, 1.165) is 43.9 Å². The highest BCUT2D eigenvalue weighted by Crippen LogP contribution is 2.39. The van der Waals surface area contributed by atoms with Gasteiger partial charge in [0.15, 0.2) is 23.6 Å². The minimum Gasteiger partial charge on any atom is -0.349 e. The van der Waals surface area contributed by atoms with Crippen molar-refractivity contribution in [2.45, 2.75) is 122 Å². The Kier molecular flexibility index (Phi) is 10.6. The average Bonchev–Trinajstić information content (AvgIpc) is 2.91. The number of aryl methyl sites for hydroxylation is 1. The van der Waals surface area contributed by atoms with Crippen molar-refractivity contribution in [2.24, 2.45) is 17.8 Å². The zero-order valence-electron chi connectivity index (χ0n) is 23.0. The highest BCUT2D eigenvalue weighted by Gasteiger charge is 2.36. The molecule has 208 valence electrons. The molecule has 0 aromatic heterocycles. The van der Waals surface area contributed by atoms with Gasteiger partial charge in [-0.1, -0.05) is 57.4 Å². The van der Waals surface area contributed by atoms with Crippen LogP contribution in [0.15, 0.2) is 24.3 Å². The molecule has 1 aromatic rings. The van der Waals surface area contributed by atoms with Crippen LogP contribution in [0.2, 0.25) is 0 Å². The Morgan fingerprint density at radius 1 is 0.811 bits per heavy atom. The Hall–Kier alpha value is -1.33. The highest BCUT2D eigenvalue weighted by atomic mass is 19.2. The number of hydrogen-bond donors (Lipinski definition) is 0. The normalized spacial score (nSPS) is 33.2. The molecule has 0 amide bonds. The van der Waals surface area contributed by atoms with Crippen molar-refractivity contribution in [1.82, 2.24) is 0 Å². The molecule has 1 saturated heterocycles. The summed E-state index contributed by atoms with van der Waals surface area (Å²) in [6, 6.07) is 3.49. The second-order valence-electron chi connectivity index (χ2n) is 12.0. The van der Waals surface area contributed by atoms with E-state index < -0.39 is 23.6 Å². The van der Waals surface area contributed by atoms with Gasteiger partial charge in [0.05, 0.1) is 13.2 Å². The number of benzene rings is 1. The third-order valence-corrected chi connectivity index (χ3v) is 9.05. The quantitative estimate of drug-likeness (QED) is 0.286. The zero-order valence-corrected chi connectivity index (χ0v) is 23.0. The zero-order chi connectivity index (χ0) is 26.3. The van der Waals surface area contributed by atoms with Gasteiger partial charge < -0.3 is 9.47 Å². The molecule has 2 nitrogen and oxygen atoms in total. The van der Waals surface area contributed by atoms with E-state index in [1.165, 1.54) is 38.5 Å². The van der Waals surface area contributed by atoms with E-state index in [0.29, 0.717) is 36.3 Å². The summed E-state index contributed by atoms with van der Waals surface area (Å²) < 4.78 is 55.5. The third-order valence-electron chi connectivity index (χ3n) is 9.05. The van der Waals surface area contributed by atoms with Crippen LogP contribution in [-0.2, 0) is 15.9 Å². The van der Waals surface area contributed by atoms with Crippen LogP contribution in [0.25, 0.3) is 0 Å². The SMILES string of the molecule is CCCC1CCC(C=CC2CCC(c3ccc(CCC4OCC(F)(CCC)CO4)c(F)c3F)CC2)CC1. The number of alkyl halides is 1. The summed E-state index contributed by atoms with van der Waals surface area (Å²) >= 11 is 0. The van der Waals surface area contributed by atoms with Gasteiger partial charge in [-0.15, -0.1) is 0 Å². The Bertz CT molecular complexity index is 861. The van der Waals surface area contributed by atoms with Crippen LogP contribution in [0.3, 0.4) is 0 Å². The predicted octanol–water partition coefficient (Wildman–Crippen LogP) is 9.22. The first-order valence-electron chi connectivity index (χ1n) is 15.0. The molecule has 1 heterocycles. The topological polar surface area (TPSA) is 18.5 Å². The highest BCUT2D eigenvalue weighted by molar-refractivity contribution is 5.29. The van der Waals surface area contributed by atoms with Crippen molar-refractivity contribution in [3.05, 3.63) is 47.0 Å². The van der Waals surface area contributed by atoms with Gasteiger partial charge in [0.25, 0.3) is 0 Å². The first-order chi connectivity index (χ1) is 17.9. The fraction of sp³-hybridized carbons (Fsp3) is 0.750. The summed E-state index contributed by atoms with van der Waals surface area (Å²) in [5, 5.41) is 0. The van der Waals surface area contributed by atoms with Gasteiger partial charge in [0.1, 0.15) is 0 Å². The van der Waals surface area contributed by atoms with E-state index in [2.05, 4.69) is 19.1 Å². The second-order valence-corrected chi connectivity index (χ2v) is 12.0. The summed E-state index contributed by atoms with van der Waals surface area (Å²) in [5.41, 5.74) is -0.582. The smallest absolute Gasteiger partial charge is 0.162 e. The lowest BCUT2D eigenvalue weighted by Crippen LogP contribution is -2.44. The van der Waals surface area contributed by atoms with Crippen molar-refractivity contribution in [1.29, 1.82) is 0 Å². The van der Waals surface area contributed by atoms with E-state index in [1.54, 1.807) is 12.1 Å². The van der Waals surface area contributed by atoms with Crippen molar-refractivity contribution in [3.63, 3.8) is 0 Å². The molecule has 0 radical (unpaired) electrons. The fourth-order valence-corrected chi connectivity index (χ4v) is 6.73. The van der Waals surface area contributed by atoms with Gasteiger partial charge >= 0.3 is 0 Å². The van der Waals surface area contributed by atoms with Gasteiger partial charge in [-0.05, 0) is 99.0 Å². The van der Waals surface area contributed by atoms with Crippen LogP contribution in [-0.4, -0.2) is 25.2 Å². The van der Waals surface area contributed by atoms with Gasteiger partial charge in [-0.3, -0.25) is 0 Å². The maximum Gasteiger partial charge on any atom is 0.162 e. The summed E-state index contributed by atoms with van der Waals surface area (Å²) in [7, 11) is 0. The molecule has 37 heavy (non-hydrogen) atoms. The molecular formula is C32H47F3O2. The predicted molar refractivity (Wildman–Crippen MR) is 143 cm³/mol. The summed E-state index contributed by atoms with van der Waals surface area (Å²) in [6.45, 7) is 4.21. The lowest BCUT2D eigenvalue weighted by molar-refractivity contribution is -0.236. The van der Waals surface area contributed by atoms with E-state index >= 15 is 4.39 Å². The van der Waals surface area contributed by atoms with E-state index in [-0.39, 0.29) is 19.1 Å².